The summed E-state index contributed by atoms with van der Waals surface area (Å²) >= 11 is 0. The third-order valence-corrected chi connectivity index (χ3v) is 2.75. The lowest BCUT2D eigenvalue weighted by Crippen LogP contribution is -2.22. The Kier molecular flexibility index (Phi) is 5.69. The van der Waals surface area contributed by atoms with Gasteiger partial charge in [-0.1, -0.05) is 31.5 Å². The van der Waals surface area contributed by atoms with Crippen LogP contribution in [-0.4, -0.2) is 22.8 Å². The van der Waals surface area contributed by atoms with Crippen LogP contribution in [0.2, 0.25) is 0 Å². The van der Waals surface area contributed by atoms with Gasteiger partial charge in [0, 0.05) is 5.56 Å². The molecule has 0 fully saturated rings. The Hall–Kier alpha value is -1.69. The molecule has 0 aromatic heterocycles. The number of alkyl halides is 2. The second-order valence-corrected chi connectivity index (χ2v) is 4.09. The lowest BCUT2D eigenvalue weighted by atomic mass is 9.91. The summed E-state index contributed by atoms with van der Waals surface area (Å²) in [7, 11) is 0. The van der Waals surface area contributed by atoms with Gasteiger partial charge in [-0.25, -0.2) is 0 Å². The molecule has 0 heterocycles. The lowest BCUT2D eigenvalue weighted by Gasteiger charge is -2.21. The average molecular weight is 274 g/mol. The van der Waals surface area contributed by atoms with Gasteiger partial charge >= 0.3 is 12.6 Å². The van der Waals surface area contributed by atoms with Crippen molar-refractivity contribution >= 4 is 5.97 Å². The van der Waals surface area contributed by atoms with Gasteiger partial charge in [0.2, 0.25) is 0 Å². The predicted octanol–water partition coefficient (Wildman–Crippen LogP) is 2.82. The fourth-order valence-corrected chi connectivity index (χ4v) is 1.87. The van der Waals surface area contributed by atoms with E-state index < -0.39 is 24.6 Å². The van der Waals surface area contributed by atoms with Gasteiger partial charge in [-0.05, 0) is 12.5 Å². The zero-order valence-corrected chi connectivity index (χ0v) is 10.4. The number of ether oxygens (including phenoxy) is 1. The molecule has 2 unspecified atom stereocenters. The summed E-state index contributed by atoms with van der Waals surface area (Å²) in [4.78, 5) is 11.1. The van der Waals surface area contributed by atoms with E-state index in [0.29, 0.717) is 6.42 Å². The topological polar surface area (TPSA) is 66.8 Å². The van der Waals surface area contributed by atoms with E-state index in [1.54, 1.807) is 6.92 Å². The standard InChI is InChI=1S/C13H16F2O4/c1-2-5-9(12(17)18)11(16)8-6-3-4-7-10(8)19-13(14)15/h3-4,6-7,9,11,13,16H,2,5H2,1H3,(H,17,18). The summed E-state index contributed by atoms with van der Waals surface area (Å²) in [5.74, 6) is -2.42. The molecule has 0 radical (unpaired) electrons. The number of aliphatic hydroxyl groups excluding tert-OH is 1. The number of aliphatic carboxylic acids is 1. The Labute approximate surface area is 109 Å². The smallest absolute Gasteiger partial charge is 0.387 e. The first-order valence-electron chi connectivity index (χ1n) is 5.92. The largest absolute Gasteiger partial charge is 0.481 e. The van der Waals surface area contributed by atoms with Crippen LogP contribution in [0.5, 0.6) is 5.75 Å². The van der Waals surface area contributed by atoms with E-state index in [1.807, 2.05) is 0 Å². The van der Waals surface area contributed by atoms with Gasteiger partial charge in [-0.15, -0.1) is 0 Å². The summed E-state index contributed by atoms with van der Waals surface area (Å²) in [6.45, 7) is -1.24. The zero-order valence-electron chi connectivity index (χ0n) is 10.4. The summed E-state index contributed by atoms with van der Waals surface area (Å²) < 4.78 is 28.8. The molecule has 2 N–H and O–H groups in total. The van der Waals surface area contributed by atoms with E-state index in [-0.39, 0.29) is 17.7 Å². The molecule has 19 heavy (non-hydrogen) atoms. The van der Waals surface area contributed by atoms with E-state index >= 15 is 0 Å². The molecular formula is C13H16F2O4. The van der Waals surface area contributed by atoms with Gasteiger partial charge in [0.1, 0.15) is 5.75 Å². The zero-order chi connectivity index (χ0) is 14.4. The molecule has 4 nitrogen and oxygen atoms in total. The normalized spacial score (nSPS) is 14.2. The average Bonchev–Trinajstić information content (AvgIpc) is 2.34. The van der Waals surface area contributed by atoms with Crippen LogP contribution in [-0.2, 0) is 4.79 Å². The Balaban J connectivity index is 3.02. The SMILES string of the molecule is CCCC(C(=O)O)C(O)c1ccccc1OC(F)F. The maximum Gasteiger partial charge on any atom is 0.387 e. The molecule has 106 valence electrons. The Morgan fingerprint density at radius 3 is 2.53 bits per heavy atom. The molecule has 0 aliphatic heterocycles. The van der Waals surface area contributed by atoms with Crippen molar-refractivity contribution in [1.82, 2.24) is 0 Å². The minimum Gasteiger partial charge on any atom is -0.481 e. The number of rotatable bonds is 7. The van der Waals surface area contributed by atoms with Crippen molar-refractivity contribution in [3.8, 4) is 5.75 Å². The van der Waals surface area contributed by atoms with Crippen molar-refractivity contribution < 1.29 is 28.5 Å². The van der Waals surface area contributed by atoms with E-state index in [0.717, 1.165) is 0 Å². The Bertz CT molecular complexity index is 423. The molecular weight excluding hydrogens is 258 g/mol. The van der Waals surface area contributed by atoms with Crippen molar-refractivity contribution in [2.24, 2.45) is 5.92 Å². The molecule has 0 saturated heterocycles. The Morgan fingerprint density at radius 1 is 1.37 bits per heavy atom. The highest BCUT2D eigenvalue weighted by molar-refractivity contribution is 5.71. The number of hydrogen-bond acceptors (Lipinski definition) is 3. The molecule has 0 saturated carbocycles. The van der Waals surface area contributed by atoms with Crippen LogP contribution in [0.25, 0.3) is 0 Å². The van der Waals surface area contributed by atoms with Gasteiger partial charge in [0.25, 0.3) is 0 Å². The maximum atomic E-state index is 12.3. The third-order valence-electron chi connectivity index (χ3n) is 2.75. The number of carboxylic acid groups (broad SMARTS) is 1. The summed E-state index contributed by atoms with van der Waals surface area (Å²) in [5, 5.41) is 19.1. The number of halogens is 2. The molecule has 1 aromatic rings. The van der Waals surface area contributed by atoms with Crippen LogP contribution in [0.3, 0.4) is 0 Å². The first kappa shape index (κ1) is 15.4. The predicted molar refractivity (Wildman–Crippen MR) is 64.1 cm³/mol. The maximum absolute atomic E-state index is 12.3. The number of benzene rings is 1. The molecule has 0 aliphatic carbocycles. The van der Waals surface area contributed by atoms with Crippen LogP contribution in [0, 0.1) is 5.92 Å². The highest BCUT2D eigenvalue weighted by Crippen LogP contribution is 2.33. The van der Waals surface area contributed by atoms with Crippen LogP contribution in [0.1, 0.15) is 31.4 Å². The number of para-hydroxylation sites is 1. The summed E-state index contributed by atoms with van der Waals surface area (Å²) in [6, 6.07) is 5.66. The first-order chi connectivity index (χ1) is 8.97. The fraction of sp³-hybridized carbons (Fsp3) is 0.462. The van der Waals surface area contributed by atoms with Gasteiger partial charge in [-0.3, -0.25) is 4.79 Å². The van der Waals surface area contributed by atoms with E-state index in [4.69, 9.17) is 5.11 Å². The Morgan fingerprint density at radius 2 is 2.00 bits per heavy atom. The molecule has 0 amide bonds. The molecule has 1 aromatic carbocycles. The van der Waals surface area contributed by atoms with Crippen LogP contribution in [0.15, 0.2) is 24.3 Å². The summed E-state index contributed by atoms with van der Waals surface area (Å²) in [6.07, 6.45) is -0.571. The monoisotopic (exact) mass is 274 g/mol. The minimum absolute atomic E-state index is 0.0589. The molecule has 1 rings (SSSR count). The first-order valence-corrected chi connectivity index (χ1v) is 5.92. The number of carboxylic acids is 1. The molecule has 0 aliphatic rings. The van der Waals surface area contributed by atoms with Crippen LogP contribution in [0.4, 0.5) is 8.78 Å². The molecule has 2 atom stereocenters. The number of hydrogen-bond donors (Lipinski definition) is 2. The van der Waals surface area contributed by atoms with Gasteiger partial charge < -0.3 is 14.9 Å². The van der Waals surface area contributed by atoms with E-state index in [9.17, 15) is 18.7 Å². The van der Waals surface area contributed by atoms with Crippen molar-refractivity contribution in [2.45, 2.75) is 32.5 Å². The van der Waals surface area contributed by atoms with Gasteiger partial charge in [0.05, 0.1) is 12.0 Å². The van der Waals surface area contributed by atoms with Crippen molar-refractivity contribution in [2.75, 3.05) is 0 Å². The lowest BCUT2D eigenvalue weighted by molar-refractivity contribution is -0.146. The highest BCUT2D eigenvalue weighted by Gasteiger charge is 2.29. The molecule has 0 bridgehead atoms. The van der Waals surface area contributed by atoms with Crippen LogP contribution < -0.4 is 4.74 Å². The minimum atomic E-state index is -3.03. The van der Waals surface area contributed by atoms with Crippen molar-refractivity contribution in [3.05, 3.63) is 29.8 Å². The number of carbonyl (C=O) groups is 1. The van der Waals surface area contributed by atoms with Crippen molar-refractivity contribution in [1.29, 1.82) is 0 Å². The second kappa shape index (κ2) is 7.04. The number of aliphatic hydroxyl groups is 1. The van der Waals surface area contributed by atoms with E-state index in [1.165, 1.54) is 24.3 Å². The summed E-state index contributed by atoms with van der Waals surface area (Å²) in [5.41, 5.74) is 0.0589. The van der Waals surface area contributed by atoms with Crippen LogP contribution >= 0.6 is 0 Å². The second-order valence-electron chi connectivity index (χ2n) is 4.09. The van der Waals surface area contributed by atoms with Crippen molar-refractivity contribution in [3.63, 3.8) is 0 Å². The molecule has 0 spiro atoms. The molecule has 6 heteroatoms. The highest BCUT2D eigenvalue weighted by atomic mass is 19.3. The van der Waals surface area contributed by atoms with Gasteiger partial charge in [-0.2, -0.15) is 8.78 Å². The van der Waals surface area contributed by atoms with E-state index in [2.05, 4.69) is 4.74 Å². The fourth-order valence-electron chi connectivity index (χ4n) is 1.87. The quantitative estimate of drug-likeness (QED) is 0.802. The third kappa shape index (κ3) is 4.17. The van der Waals surface area contributed by atoms with Gasteiger partial charge in [0.15, 0.2) is 0 Å².